The Bertz CT molecular complexity index is 756. The maximum atomic E-state index is 12.2. The van der Waals surface area contributed by atoms with Crippen LogP contribution in [0.2, 0.25) is 0 Å². The van der Waals surface area contributed by atoms with Gasteiger partial charge < -0.3 is 9.88 Å². The Morgan fingerprint density at radius 3 is 2.64 bits per heavy atom. The molecule has 3 rings (SSSR count). The summed E-state index contributed by atoms with van der Waals surface area (Å²) in [5, 5.41) is 11.9. The standard InChI is InChI=1S/C18H22N4O2S/c1-12(23)15(10-13-6-4-3-5-7-13)19-16(24)11-25-18-21-20-17(22(18)2)14-8-9-14/h3-7,14-15H,8-11H2,1-2H3,(H,19,24)/t15-/m0/s1. The topological polar surface area (TPSA) is 76.9 Å². The van der Waals surface area contributed by atoms with Crippen LogP contribution in [0, 0.1) is 0 Å². The van der Waals surface area contributed by atoms with Gasteiger partial charge in [0.05, 0.1) is 11.8 Å². The van der Waals surface area contributed by atoms with Crippen molar-refractivity contribution in [3.8, 4) is 0 Å². The molecule has 6 nitrogen and oxygen atoms in total. The summed E-state index contributed by atoms with van der Waals surface area (Å²) in [6.07, 6.45) is 2.83. The molecular weight excluding hydrogens is 336 g/mol. The van der Waals surface area contributed by atoms with Gasteiger partial charge in [-0.1, -0.05) is 42.1 Å². The number of carbonyl (C=O) groups excluding carboxylic acids is 2. The minimum atomic E-state index is -0.503. The van der Waals surface area contributed by atoms with Crippen molar-refractivity contribution in [1.29, 1.82) is 0 Å². The number of Topliss-reactive ketones (excluding diaryl/α,β-unsaturated/α-hetero) is 1. The number of hydrogen-bond acceptors (Lipinski definition) is 5. The van der Waals surface area contributed by atoms with Crippen LogP contribution in [-0.2, 0) is 23.1 Å². The highest BCUT2D eigenvalue weighted by atomic mass is 32.2. The van der Waals surface area contributed by atoms with E-state index in [2.05, 4.69) is 15.5 Å². The number of benzene rings is 1. The molecule has 1 aromatic carbocycles. The van der Waals surface area contributed by atoms with E-state index in [0.29, 0.717) is 12.3 Å². The minimum absolute atomic E-state index is 0.0446. The van der Waals surface area contributed by atoms with E-state index in [1.165, 1.54) is 18.7 Å². The first-order valence-electron chi connectivity index (χ1n) is 8.40. The maximum Gasteiger partial charge on any atom is 0.231 e. The molecule has 1 saturated carbocycles. The Morgan fingerprint density at radius 2 is 2.00 bits per heavy atom. The summed E-state index contributed by atoms with van der Waals surface area (Å²) in [5.41, 5.74) is 1.03. The zero-order valence-electron chi connectivity index (χ0n) is 14.4. The third kappa shape index (κ3) is 4.69. The van der Waals surface area contributed by atoms with Crippen molar-refractivity contribution in [3.05, 3.63) is 41.7 Å². The SMILES string of the molecule is CC(=O)[C@H](Cc1ccccc1)NC(=O)CSc1nnc(C2CC2)n1C. The number of nitrogens with zero attached hydrogens (tertiary/aromatic N) is 3. The highest BCUT2D eigenvalue weighted by molar-refractivity contribution is 7.99. The number of carbonyl (C=O) groups is 2. The summed E-state index contributed by atoms with van der Waals surface area (Å²) >= 11 is 1.35. The molecule has 1 aliphatic carbocycles. The first-order valence-corrected chi connectivity index (χ1v) is 9.39. The second-order valence-electron chi connectivity index (χ2n) is 6.38. The van der Waals surface area contributed by atoms with Gasteiger partial charge in [0, 0.05) is 13.0 Å². The van der Waals surface area contributed by atoms with Gasteiger partial charge in [0.2, 0.25) is 5.91 Å². The summed E-state index contributed by atoms with van der Waals surface area (Å²) in [7, 11) is 1.93. The van der Waals surface area contributed by atoms with Crippen molar-refractivity contribution in [2.45, 2.75) is 43.3 Å². The van der Waals surface area contributed by atoms with Gasteiger partial charge in [0.15, 0.2) is 10.9 Å². The third-order valence-electron chi connectivity index (χ3n) is 4.25. The Balaban J connectivity index is 1.54. The van der Waals surface area contributed by atoms with Crippen LogP contribution in [0.1, 0.15) is 37.1 Å². The molecule has 1 N–H and O–H groups in total. The predicted molar refractivity (Wildman–Crippen MR) is 96.5 cm³/mol. The fourth-order valence-electron chi connectivity index (χ4n) is 2.66. The zero-order valence-corrected chi connectivity index (χ0v) is 15.3. The lowest BCUT2D eigenvalue weighted by atomic mass is 10.0. The summed E-state index contributed by atoms with van der Waals surface area (Å²) in [6.45, 7) is 1.51. The molecule has 132 valence electrons. The van der Waals surface area contributed by atoms with Crippen LogP contribution in [-0.4, -0.2) is 38.2 Å². The molecule has 1 amide bonds. The Morgan fingerprint density at radius 1 is 1.28 bits per heavy atom. The van der Waals surface area contributed by atoms with Crippen LogP contribution in [0.25, 0.3) is 0 Å². The first kappa shape index (κ1) is 17.7. The van der Waals surface area contributed by atoms with Gasteiger partial charge in [-0.15, -0.1) is 10.2 Å². The van der Waals surface area contributed by atoms with E-state index >= 15 is 0 Å². The smallest absolute Gasteiger partial charge is 0.231 e. The minimum Gasteiger partial charge on any atom is -0.345 e. The third-order valence-corrected chi connectivity index (χ3v) is 5.27. The van der Waals surface area contributed by atoms with Crippen LogP contribution in [0.4, 0.5) is 0 Å². The fraction of sp³-hybridized carbons (Fsp3) is 0.444. The molecule has 1 aromatic heterocycles. The van der Waals surface area contributed by atoms with Crippen LogP contribution in [0.5, 0.6) is 0 Å². The number of hydrogen-bond donors (Lipinski definition) is 1. The van der Waals surface area contributed by atoms with Crippen molar-refractivity contribution in [3.63, 3.8) is 0 Å². The lowest BCUT2D eigenvalue weighted by molar-refractivity contribution is -0.125. The van der Waals surface area contributed by atoms with E-state index < -0.39 is 6.04 Å². The normalized spacial score (nSPS) is 15.0. The Labute approximate surface area is 151 Å². The highest BCUT2D eigenvalue weighted by Gasteiger charge is 2.29. The second kappa shape index (κ2) is 7.82. The number of ketones is 1. The Kier molecular flexibility index (Phi) is 5.53. The Hall–Kier alpha value is -2.15. The lowest BCUT2D eigenvalue weighted by Crippen LogP contribution is -2.42. The van der Waals surface area contributed by atoms with E-state index in [-0.39, 0.29) is 17.4 Å². The average molecular weight is 358 g/mol. The van der Waals surface area contributed by atoms with Crippen molar-refractivity contribution in [2.24, 2.45) is 7.05 Å². The highest BCUT2D eigenvalue weighted by Crippen LogP contribution is 2.39. The monoisotopic (exact) mass is 358 g/mol. The van der Waals surface area contributed by atoms with E-state index in [1.54, 1.807) is 0 Å². The quantitative estimate of drug-likeness (QED) is 0.731. The van der Waals surface area contributed by atoms with Crippen molar-refractivity contribution in [1.82, 2.24) is 20.1 Å². The zero-order chi connectivity index (χ0) is 17.8. The number of amides is 1. The summed E-state index contributed by atoms with van der Waals surface area (Å²) < 4.78 is 1.96. The number of aromatic nitrogens is 3. The predicted octanol–water partition coefficient (Wildman–Crippen LogP) is 2.10. The molecule has 0 bridgehead atoms. The molecular formula is C18H22N4O2S. The second-order valence-corrected chi connectivity index (χ2v) is 7.33. The van der Waals surface area contributed by atoms with E-state index in [0.717, 1.165) is 29.4 Å². The molecule has 0 aliphatic heterocycles. The number of thioether (sulfide) groups is 1. The molecule has 0 saturated heterocycles. The first-order chi connectivity index (χ1) is 12.0. The van der Waals surface area contributed by atoms with Gasteiger partial charge in [-0.3, -0.25) is 9.59 Å². The van der Waals surface area contributed by atoms with Crippen LogP contribution in [0.15, 0.2) is 35.5 Å². The van der Waals surface area contributed by atoms with E-state index in [4.69, 9.17) is 0 Å². The van der Waals surface area contributed by atoms with Crippen molar-refractivity contribution < 1.29 is 9.59 Å². The maximum absolute atomic E-state index is 12.2. The molecule has 1 aliphatic rings. The van der Waals surface area contributed by atoms with Gasteiger partial charge in [0.25, 0.3) is 0 Å². The molecule has 0 spiro atoms. The molecule has 0 unspecified atom stereocenters. The largest absolute Gasteiger partial charge is 0.345 e. The summed E-state index contributed by atoms with van der Waals surface area (Å²) in [4.78, 5) is 24.1. The fourth-order valence-corrected chi connectivity index (χ4v) is 3.39. The number of rotatable bonds is 8. The van der Waals surface area contributed by atoms with Crippen LogP contribution in [0.3, 0.4) is 0 Å². The van der Waals surface area contributed by atoms with Crippen LogP contribution < -0.4 is 5.32 Å². The summed E-state index contributed by atoms with van der Waals surface area (Å²) in [6, 6.07) is 9.19. The number of nitrogens with one attached hydrogen (secondary N) is 1. The molecule has 1 fully saturated rings. The summed E-state index contributed by atoms with van der Waals surface area (Å²) in [5.74, 6) is 1.52. The lowest BCUT2D eigenvalue weighted by Gasteiger charge is -2.16. The van der Waals surface area contributed by atoms with E-state index in [1.807, 2.05) is 41.9 Å². The van der Waals surface area contributed by atoms with Gasteiger partial charge >= 0.3 is 0 Å². The van der Waals surface area contributed by atoms with Gasteiger partial charge in [-0.2, -0.15) is 0 Å². The molecule has 2 aromatic rings. The van der Waals surface area contributed by atoms with Crippen molar-refractivity contribution >= 4 is 23.5 Å². The van der Waals surface area contributed by atoms with E-state index in [9.17, 15) is 9.59 Å². The molecule has 25 heavy (non-hydrogen) atoms. The van der Waals surface area contributed by atoms with Crippen LogP contribution >= 0.6 is 11.8 Å². The molecule has 1 atom stereocenters. The van der Waals surface area contributed by atoms with Gasteiger partial charge in [-0.05, 0) is 31.7 Å². The van der Waals surface area contributed by atoms with Crippen molar-refractivity contribution in [2.75, 3.05) is 5.75 Å². The van der Waals surface area contributed by atoms with Gasteiger partial charge in [0.1, 0.15) is 5.82 Å². The molecule has 7 heteroatoms. The molecule has 1 heterocycles. The van der Waals surface area contributed by atoms with Gasteiger partial charge in [-0.25, -0.2) is 0 Å². The average Bonchev–Trinajstić information content (AvgIpc) is 3.37. The molecule has 0 radical (unpaired) electrons.